The fourth-order valence-electron chi connectivity index (χ4n) is 4.40. The molecule has 2 amide bonds. The predicted octanol–water partition coefficient (Wildman–Crippen LogP) is 4.75. The van der Waals surface area contributed by atoms with Gasteiger partial charge < -0.3 is 24.5 Å². The molecule has 0 saturated heterocycles. The number of unbranched alkanes of at least 4 members (excludes halogenated alkanes) is 1. The summed E-state index contributed by atoms with van der Waals surface area (Å²) in [5, 5.41) is 10.4. The standard InChI is InChI=1S/C29H35ClN6O4/c1-5-6-14-40-29(38)32-13-11-22-17-33-26-10-7-20(18-36(22)26)24-9-8-21(30)16-25(24)39-15-12-23-19(2)35(4)34-27(23)28(37)31-3/h7-10,16-18H,5-6,11-15H2,1-4H3,(H,31,37)(H,32,38). The van der Waals surface area contributed by atoms with E-state index in [1.807, 2.05) is 62.0 Å². The van der Waals surface area contributed by atoms with E-state index in [1.165, 1.54) is 0 Å². The van der Waals surface area contributed by atoms with E-state index in [1.54, 1.807) is 17.8 Å². The molecule has 4 aromatic rings. The molecule has 0 aliphatic heterocycles. The molecule has 0 unspecified atom stereocenters. The number of rotatable bonds is 12. The molecular weight excluding hydrogens is 532 g/mol. The third-order valence-corrected chi connectivity index (χ3v) is 6.96. The van der Waals surface area contributed by atoms with E-state index in [0.717, 1.165) is 46.6 Å². The van der Waals surface area contributed by atoms with Crippen molar-refractivity contribution in [2.75, 3.05) is 26.8 Å². The molecule has 40 heavy (non-hydrogen) atoms. The number of imidazole rings is 1. The van der Waals surface area contributed by atoms with Crippen LogP contribution in [0.2, 0.25) is 5.02 Å². The highest BCUT2D eigenvalue weighted by Gasteiger charge is 2.19. The molecule has 11 heteroatoms. The number of benzene rings is 1. The minimum absolute atomic E-state index is 0.227. The average Bonchev–Trinajstić information content (AvgIpc) is 3.48. The molecule has 1 aromatic carbocycles. The maximum Gasteiger partial charge on any atom is 0.407 e. The molecule has 212 valence electrons. The van der Waals surface area contributed by atoms with Crippen LogP contribution in [-0.4, -0.2) is 58.0 Å². The van der Waals surface area contributed by atoms with Crippen molar-refractivity contribution >= 4 is 29.2 Å². The molecule has 3 aromatic heterocycles. The van der Waals surface area contributed by atoms with Crippen LogP contribution >= 0.6 is 11.6 Å². The molecule has 0 fully saturated rings. The predicted molar refractivity (Wildman–Crippen MR) is 154 cm³/mol. The first-order chi connectivity index (χ1) is 19.3. The Hall–Kier alpha value is -4.05. The number of ether oxygens (including phenoxy) is 2. The lowest BCUT2D eigenvalue weighted by Crippen LogP contribution is -2.27. The summed E-state index contributed by atoms with van der Waals surface area (Å²) in [4.78, 5) is 28.7. The topological polar surface area (TPSA) is 112 Å². The molecule has 0 atom stereocenters. The molecule has 0 aliphatic rings. The van der Waals surface area contributed by atoms with Crippen molar-refractivity contribution in [3.63, 3.8) is 0 Å². The Bertz CT molecular complexity index is 1500. The van der Waals surface area contributed by atoms with Crippen molar-refractivity contribution in [3.05, 3.63) is 70.4 Å². The maximum atomic E-state index is 12.3. The van der Waals surface area contributed by atoms with Gasteiger partial charge in [-0.3, -0.25) is 9.48 Å². The Balaban J connectivity index is 1.49. The first-order valence-corrected chi connectivity index (χ1v) is 13.7. The van der Waals surface area contributed by atoms with Crippen molar-refractivity contribution in [1.29, 1.82) is 0 Å². The fourth-order valence-corrected chi connectivity index (χ4v) is 4.56. The van der Waals surface area contributed by atoms with E-state index < -0.39 is 6.09 Å². The minimum Gasteiger partial charge on any atom is -0.493 e. The lowest BCUT2D eigenvalue weighted by Gasteiger charge is -2.14. The van der Waals surface area contributed by atoms with Gasteiger partial charge in [0.2, 0.25) is 0 Å². The largest absolute Gasteiger partial charge is 0.493 e. The number of aromatic nitrogens is 4. The maximum absolute atomic E-state index is 12.3. The summed E-state index contributed by atoms with van der Waals surface area (Å²) >= 11 is 6.33. The Morgan fingerprint density at radius 3 is 2.73 bits per heavy atom. The smallest absolute Gasteiger partial charge is 0.407 e. The molecule has 2 N–H and O–H groups in total. The third kappa shape index (κ3) is 6.74. The van der Waals surface area contributed by atoms with Gasteiger partial charge in [0.15, 0.2) is 5.69 Å². The number of halogens is 1. The summed E-state index contributed by atoms with van der Waals surface area (Å²) in [6.45, 7) is 5.17. The van der Waals surface area contributed by atoms with Crippen LogP contribution in [0.25, 0.3) is 16.8 Å². The highest BCUT2D eigenvalue weighted by atomic mass is 35.5. The monoisotopic (exact) mass is 566 g/mol. The molecule has 0 bridgehead atoms. The molecular formula is C29H35ClN6O4. The van der Waals surface area contributed by atoms with Crippen LogP contribution in [0, 0.1) is 6.92 Å². The molecule has 0 radical (unpaired) electrons. The number of carbonyl (C=O) groups excluding carboxylic acids is 2. The van der Waals surface area contributed by atoms with Crippen molar-refractivity contribution in [3.8, 4) is 16.9 Å². The van der Waals surface area contributed by atoms with Crippen LogP contribution in [0.1, 0.15) is 47.2 Å². The van der Waals surface area contributed by atoms with E-state index in [0.29, 0.717) is 49.1 Å². The van der Waals surface area contributed by atoms with Crippen LogP contribution in [-0.2, 0) is 24.6 Å². The van der Waals surface area contributed by atoms with Crippen LogP contribution in [0.3, 0.4) is 0 Å². The molecule has 4 rings (SSSR count). The summed E-state index contributed by atoms with van der Waals surface area (Å²) < 4.78 is 15.1. The molecule has 0 aliphatic carbocycles. The number of nitrogens with zero attached hydrogens (tertiary/aromatic N) is 4. The van der Waals surface area contributed by atoms with Crippen LogP contribution in [0.5, 0.6) is 5.75 Å². The van der Waals surface area contributed by atoms with Gasteiger partial charge in [0.25, 0.3) is 5.91 Å². The van der Waals surface area contributed by atoms with Crippen molar-refractivity contribution < 1.29 is 19.1 Å². The zero-order valence-corrected chi connectivity index (χ0v) is 24.0. The van der Waals surface area contributed by atoms with Gasteiger partial charge in [-0.1, -0.05) is 24.9 Å². The normalized spacial score (nSPS) is 11.0. The number of pyridine rings is 1. The molecule has 0 spiro atoms. The van der Waals surface area contributed by atoms with Crippen LogP contribution in [0.15, 0.2) is 42.7 Å². The first kappa shape index (κ1) is 28.9. The van der Waals surface area contributed by atoms with Gasteiger partial charge in [-0.2, -0.15) is 5.10 Å². The lowest BCUT2D eigenvalue weighted by atomic mass is 10.1. The van der Waals surface area contributed by atoms with Gasteiger partial charge in [-0.25, -0.2) is 9.78 Å². The van der Waals surface area contributed by atoms with Gasteiger partial charge >= 0.3 is 6.09 Å². The first-order valence-electron chi connectivity index (χ1n) is 13.4. The second kappa shape index (κ2) is 13.3. The number of hydrogen-bond donors (Lipinski definition) is 2. The number of nitrogens with one attached hydrogen (secondary N) is 2. The summed E-state index contributed by atoms with van der Waals surface area (Å²) in [7, 11) is 3.41. The van der Waals surface area contributed by atoms with Gasteiger partial charge in [0.1, 0.15) is 11.4 Å². The zero-order valence-electron chi connectivity index (χ0n) is 23.3. The number of fused-ring (bicyclic) bond motifs is 1. The van der Waals surface area contributed by atoms with E-state index >= 15 is 0 Å². The molecule has 10 nitrogen and oxygen atoms in total. The van der Waals surface area contributed by atoms with Crippen LogP contribution in [0.4, 0.5) is 4.79 Å². The Morgan fingerprint density at radius 1 is 1.12 bits per heavy atom. The van der Waals surface area contributed by atoms with E-state index in [2.05, 4.69) is 20.7 Å². The van der Waals surface area contributed by atoms with Gasteiger partial charge in [-0.15, -0.1) is 0 Å². The zero-order chi connectivity index (χ0) is 28.6. The second-order valence-corrected chi connectivity index (χ2v) is 9.85. The highest BCUT2D eigenvalue weighted by Crippen LogP contribution is 2.33. The van der Waals surface area contributed by atoms with Gasteiger partial charge in [0, 0.05) is 79.0 Å². The Morgan fingerprint density at radius 2 is 1.95 bits per heavy atom. The Labute approximate surface area is 238 Å². The van der Waals surface area contributed by atoms with E-state index in [4.69, 9.17) is 21.1 Å². The third-order valence-electron chi connectivity index (χ3n) is 6.73. The number of alkyl carbamates (subject to hydrolysis) is 1. The number of amides is 2. The molecule has 0 saturated carbocycles. The summed E-state index contributed by atoms with van der Waals surface area (Å²) in [6.07, 6.45) is 6.32. The number of aryl methyl sites for hydroxylation is 1. The fraction of sp³-hybridized carbons (Fsp3) is 0.379. The van der Waals surface area contributed by atoms with Gasteiger partial charge in [-0.05, 0) is 43.7 Å². The quantitative estimate of drug-likeness (QED) is 0.239. The Kier molecular flexibility index (Phi) is 9.65. The van der Waals surface area contributed by atoms with Crippen LogP contribution < -0.4 is 15.4 Å². The number of hydrogen-bond acceptors (Lipinski definition) is 6. The number of carbonyl (C=O) groups is 2. The SMILES string of the molecule is CCCCOC(=O)NCCc1cnc2ccc(-c3ccc(Cl)cc3OCCc3c(C(=O)NC)nn(C)c3C)cn12. The van der Waals surface area contributed by atoms with Crippen molar-refractivity contribution in [2.24, 2.45) is 7.05 Å². The highest BCUT2D eigenvalue weighted by molar-refractivity contribution is 6.30. The van der Waals surface area contributed by atoms with Gasteiger partial charge in [0.05, 0.1) is 13.2 Å². The summed E-state index contributed by atoms with van der Waals surface area (Å²) in [5.74, 6) is 0.406. The molecule has 3 heterocycles. The average molecular weight is 567 g/mol. The minimum atomic E-state index is -0.408. The van der Waals surface area contributed by atoms with Crippen molar-refractivity contribution in [2.45, 2.75) is 39.5 Å². The lowest BCUT2D eigenvalue weighted by molar-refractivity contribution is 0.0956. The summed E-state index contributed by atoms with van der Waals surface area (Å²) in [5.41, 5.74) is 5.71. The second-order valence-electron chi connectivity index (χ2n) is 9.42. The van der Waals surface area contributed by atoms with E-state index in [9.17, 15) is 9.59 Å². The van der Waals surface area contributed by atoms with E-state index in [-0.39, 0.29) is 5.91 Å². The summed E-state index contributed by atoms with van der Waals surface area (Å²) in [6, 6.07) is 9.47. The van der Waals surface area contributed by atoms with Crippen molar-refractivity contribution in [1.82, 2.24) is 29.8 Å².